The molecule has 112 valence electrons. The molecule has 0 aliphatic carbocycles. The SMILES string of the molecule is Cc1ccc2c(ncn2C/C=C/[C@H]2NCCC[C@@H]2O)c1Cl. The predicted octanol–water partition coefficient (Wildman–Crippen LogP) is 2.67. The van der Waals surface area contributed by atoms with Crippen molar-refractivity contribution in [2.75, 3.05) is 6.54 Å². The van der Waals surface area contributed by atoms with E-state index < -0.39 is 0 Å². The van der Waals surface area contributed by atoms with Crippen molar-refractivity contribution in [2.24, 2.45) is 0 Å². The lowest BCUT2D eigenvalue weighted by molar-refractivity contribution is 0.115. The molecule has 0 unspecified atom stereocenters. The van der Waals surface area contributed by atoms with Crippen molar-refractivity contribution in [2.45, 2.75) is 38.5 Å². The van der Waals surface area contributed by atoms with Crippen LogP contribution in [0.3, 0.4) is 0 Å². The molecule has 21 heavy (non-hydrogen) atoms. The highest BCUT2D eigenvalue weighted by atomic mass is 35.5. The Hall–Kier alpha value is -1.36. The molecule has 1 aromatic heterocycles. The van der Waals surface area contributed by atoms with E-state index in [1.54, 1.807) is 0 Å². The Morgan fingerprint density at radius 1 is 1.52 bits per heavy atom. The third-order valence-corrected chi connectivity index (χ3v) is 4.52. The third kappa shape index (κ3) is 2.98. The number of nitrogens with one attached hydrogen (secondary N) is 1. The van der Waals surface area contributed by atoms with Gasteiger partial charge in [-0.15, -0.1) is 0 Å². The maximum absolute atomic E-state index is 9.91. The molecule has 3 rings (SSSR count). The number of benzene rings is 1. The summed E-state index contributed by atoms with van der Waals surface area (Å²) in [7, 11) is 0. The number of hydrogen-bond acceptors (Lipinski definition) is 3. The van der Waals surface area contributed by atoms with E-state index in [9.17, 15) is 5.11 Å². The van der Waals surface area contributed by atoms with Gasteiger partial charge in [0.25, 0.3) is 0 Å². The minimum absolute atomic E-state index is 0.0550. The lowest BCUT2D eigenvalue weighted by atomic mass is 10.0. The van der Waals surface area contributed by atoms with Gasteiger partial charge in [-0.05, 0) is 37.9 Å². The van der Waals surface area contributed by atoms with Gasteiger partial charge in [-0.1, -0.05) is 29.8 Å². The van der Waals surface area contributed by atoms with Gasteiger partial charge in [0.15, 0.2) is 0 Å². The second-order valence-corrected chi connectivity index (χ2v) is 5.96. The summed E-state index contributed by atoms with van der Waals surface area (Å²) in [4.78, 5) is 4.39. The lowest BCUT2D eigenvalue weighted by Crippen LogP contribution is -2.43. The van der Waals surface area contributed by atoms with Crippen LogP contribution in [0.4, 0.5) is 0 Å². The first-order valence-electron chi connectivity index (χ1n) is 7.35. The monoisotopic (exact) mass is 305 g/mol. The molecule has 1 aliphatic rings. The van der Waals surface area contributed by atoms with Crippen LogP contribution >= 0.6 is 11.6 Å². The molecule has 1 fully saturated rings. The smallest absolute Gasteiger partial charge is 0.107 e. The van der Waals surface area contributed by atoms with Crippen LogP contribution in [0.2, 0.25) is 5.02 Å². The topological polar surface area (TPSA) is 50.1 Å². The van der Waals surface area contributed by atoms with Crippen molar-refractivity contribution >= 4 is 22.6 Å². The summed E-state index contributed by atoms with van der Waals surface area (Å²) in [6.07, 6.45) is 7.55. The molecule has 2 aromatic rings. The van der Waals surface area contributed by atoms with Gasteiger partial charge in [0.2, 0.25) is 0 Å². The average Bonchev–Trinajstić information content (AvgIpc) is 2.89. The van der Waals surface area contributed by atoms with Crippen LogP contribution in [0.5, 0.6) is 0 Å². The minimum Gasteiger partial charge on any atom is -0.391 e. The first-order valence-corrected chi connectivity index (χ1v) is 7.72. The van der Waals surface area contributed by atoms with Gasteiger partial charge in [-0.2, -0.15) is 0 Å². The second-order valence-electron chi connectivity index (χ2n) is 5.58. The van der Waals surface area contributed by atoms with Crippen molar-refractivity contribution in [3.05, 3.63) is 41.2 Å². The van der Waals surface area contributed by atoms with Crippen molar-refractivity contribution in [3.63, 3.8) is 0 Å². The molecule has 2 heterocycles. The Bertz CT molecular complexity index is 665. The van der Waals surface area contributed by atoms with Crippen molar-refractivity contribution in [3.8, 4) is 0 Å². The molecule has 1 aromatic carbocycles. The molecule has 0 amide bonds. The summed E-state index contributed by atoms with van der Waals surface area (Å²) in [6, 6.07) is 4.11. The average molecular weight is 306 g/mol. The fourth-order valence-electron chi connectivity index (χ4n) is 2.76. The molecule has 0 bridgehead atoms. The summed E-state index contributed by atoms with van der Waals surface area (Å²) in [5, 5.41) is 14.0. The van der Waals surface area contributed by atoms with E-state index in [2.05, 4.69) is 20.9 Å². The van der Waals surface area contributed by atoms with Gasteiger partial charge < -0.3 is 15.0 Å². The van der Waals surface area contributed by atoms with Gasteiger partial charge in [-0.25, -0.2) is 4.98 Å². The Kier molecular flexibility index (Phi) is 4.29. The largest absolute Gasteiger partial charge is 0.391 e. The van der Waals surface area contributed by atoms with Crippen molar-refractivity contribution < 1.29 is 5.11 Å². The van der Waals surface area contributed by atoms with Gasteiger partial charge in [0.05, 0.1) is 29.0 Å². The molecule has 5 heteroatoms. The zero-order chi connectivity index (χ0) is 14.8. The van der Waals surface area contributed by atoms with E-state index in [-0.39, 0.29) is 12.1 Å². The maximum atomic E-state index is 9.91. The minimum atomic E-state index is -0.286. The van der Waals surface area contributed by atoms with Gasteiger partial charge in [0, 0.05) is 6.54 Å². The number of rotatable bonds is 3. The number of imidazole rings is 1. The van der Waals surface area contributed by atoms with Gasteiger partial charge in [-0.3, -0.25) is 0 Å². The van der Waals surface area contributed by atoms with Gasteiger partial charge >= 0.3 is 0 Å². The lowest BCUT2D eigenvalue weighted by Gasteiger charge is -2.26. The van der Waals surface area contributed by atoms with Crippen molar-refractivity contribution in [1.29, 1.82) is 0 Å². The Labute approximate surface area is 129 Å². The van der Waals surface area contributed by atoms with Crippen LogP contribution in [0.1, 0.15) is 18.4 Å². The molecular formula is C16H20ClN3O. The van der Waals surface area contributed by atoms with E-state index >= 15 is 0 Å². The molecule has 0 radical (unpaired) electrons. The Balaban J connectivity index is 1.75. The number of hydrogen-bond donors (Lipinski definition) is 2. The Morgan fingerprint density at radius 2 is 2.38 bits per heavy atom. The number of halogens is 1. The number of aromatic nitrogens is 2. The molecule has 1 aliphatic heterocycles. The maximum Gasteiger partial charge on any atom is 0.107 e. The fourth-order valence-corrected chi connectivity index (χ4v) is 2.97. The number of aliphatic hydroxyl groups excluding tert-OH is 1. The first-order chi connectivity index (χ1) is 10.2. The van der Waals surface area contributed by atoms with Crippen LogP contribution < -0.4 is 5.32 Å². The molecular weight excluding hydrogens is 286 g/mol. The van der Waals surface area contributed by atoms with E-state index in [0.29, 0.717) is 0 Å². The first kappa shape index (κ1) is 14.6. The predicted molar refractivity (Wildman–Crippen MR) is 85.7 cm³/mol. The third-order valence-electron chi connectivity index (χ3n) is 4.04. The van der Waals surface area contributed by atoms with Crippen LogP contribution in [0.25, 0.3) is 11.0 Å². The van der Waals surface area contributed by atoms with E-state index in [1.807, 2.05) is 31.5 Å². The number of aliphatic hydroxyl groups is 1. The quantitative estimate of drug-likeness (QED) is 0.857. The summed E-state index contributed by atoms with van der Waals surface area (Å²) < 4.78 is 2.06. The number of piperidine rings is 1. The zero-order valence-corrected chi connectivity index (χ0v) is 12.8. The summed E-state index contributed by atoms with van der Waals surface area (Å²) >= 11 is 6.28. The standard InChI is InChI=1S/C16H20ClN3O/c1-11-6-7-13-16(15(11)17)19-10-20(13)9-3-4-12-14(21)5-2-8-18-12/h3-4,6-7,10,12,14,18,21H,2,5,8-9H2,1H3/b4-3+/t12-,14+/m1/s1. The van der Waals surface area contributed by atoms with Crippen LogP contribution in [0, 0.1) is 6.92 Å². The fraction of sp³-hybridized carbons (Fsp3) is 0.438. The van der Waals surface area contributed by atoms with Crippen LogP contribution in [0.15, 0.2) is 30.6 Å². The number of fused-ring (bicyclic) bond motifs is 1. The molecule has 1 saturated heterocycles. The van der Waals surface area contributed by atoms with Crippen molar-refractivity contribution in [1.82, 2.24) is 14.9 Å². The Morgan fingerprint density at radius 3 is 3.19 bits per heavy atom. The molecule has 2 atom stereocenters. The molecule has 2 N–H and O–H groups in total. The van der Waals surface area contributed by atoms with Crippen LogP contribution in [-0.2, 0) is 6.54 Å². The highest BCUT2D eigenvalue weighted by Gasteiger charge is 2.19. The van der Waals surface area contributed by atoms with E-state index in [1.165, 1.54) is 0 Å². The highest BCUT2D eigenvalue weighted by Crippen LogP contribution is 2.25. The summed E-state index contributed by atoms with van der Waals surface area (Å²) in [5.41, 5.74) is 2.92. The molecule has 0 saturated carbocycles. The molecule has 4 nitrogen and oxygen atoms in total. The number of allylic oxidation sites excluding steroid dienone is 1. The van der Waals surface area contributed by atoms with E-state index in [4.69, 9.17) is 11.6 Å². The van der Waals surface area contributed by atoms with E-state index in [0.717, 1.165) is 47.6 Å². The van der Waals surface area contributed by atoms with Crippen LogP contribution in [-0.4, -0.2) is 33.3 Å². The normalized spacial score (nSPS) is 23.2. The number of nitrogens with zero attached hydrogens (tertiary/aromatic N) is 2. The molecule has 0 spiro atoms. The summed E-state index contributed by atoms with van der Waals surface area (Å²) in [6.45, 7) is 3.67. The zero-order valence-electron chi connectivity index (χ0n) is 12.1. The number of aryl methyl sites for hydroxylation is 1. The van der Waals surface area contributed by atoms with Gasteiger partial charge in [0.1, 0.15) is 5.52 Å². The highest BCUT2D eigenvalue weighted by molar-refractivity contribution is 6.35. The summed E-state index contributed by atoms with van der Waals surface area (Å²) in [5.74, 6) is 0. The second kappa shape index (κ2) is 6.18.